The maximum Gasteiger partial charge on any atom is 0.261 e. The lowest BCUT2D eigenvalue weighted by Crippen LogP contribution is -2.47. The van der Waals surface area contributed by atoms with Crippen molar-refractivity contribution in [2.24, 2.45) is 0 Å². The molecule has 2 unspecified atom stereocenters. The number of amides is 4. The van der Waals surface area contributed by atoms with Gasteiger partial charge in [-0.25, -0.2) is 0 Å². The Balaban J connectivity index is 1.58. The second kappa shape index (κ2) is 9.07. The zero-order chi connectivity index (χ0) is 21.8. The molecule has 0 aromatic heterocycles. The van der Waals surface area contributed by atoms with Crippen LogP contribution in [0.25, 0.3) is 10.8 Å². The monoisotopic (exact) mass is 409 g/mol. The number of hydrogen-bond acceptors (Lipinski definition) is 4. The number of benzene rings is 2. The highest BCUT2D eigenvalue weighted by atomic mass is 16.2. The van der Waals surface area contributed by atoms with E-state index < -0.39 is 6.04 Å². The highest BCUT2D eigenvalue weighted by molar-refractivity contribution is 6.25. The molecule has 3 rings (SSSR count). The molecule has 2 N–H and O–H groups in total. The number of nitrogens with zero attached hydrogens (tertiary/aromatic N) is 1. The molecule has 2 aromatic carbocycles. The molecule has 158 valence electrons. The van der Waals surface area contributed by atoms with E-state index in [4.69, 9.17) is 0 Å². The van der Waals surface area contributed by atoms with E-state index in [1.165, 1.54) is 4.90 Å². The van der Waals surface area contributed by atoms with E-state index in [1.807, 2.05) is 26.0 Å². The van der Waals surface area contributed by atoms with Crippen LogP contribution in [-0.4, -0.2) is 47.2 Å². The van der Waals surface area contributed by atoms with Gasteiger partial charge in [0.1, 0.15) is 6.04 Å². The lowest BCUT2D eigenvalue weighted by atomic mass is 9.94. The molecule has 0 bridgehead atoms. The Labute approximate surface area is 175 Å². The van der Waals surface area contributed by atoms with Crippen LogP contribution < -0.4 is 10.6 Å². The minimum absolute atomic E-state index is 0.0420. The summed E-state index contributed by atoms with van der Waals surface area (Å²) in [6, 6.07) is 10.2. The third kappa shape index (κ3) is 4.35. The highest BCUT2D eigenvalue weighted by Crippen LogP contribution is 2.29. The molecule has 2 aromatic rings. The van der Waals surface area contributed by atoms with Gasteiger partial charge in [0.2, 0.25) is 11.8 Å². The van der Waals surface area contributed by atoms with Crippen molar-refractivity contribution < 1.29 is 19.2 Å². The molecule has 2 atom stereocenters. The summed E-state index contributed by atoms with van der Waals surface area (Å²) in [4.78, 5) is 51.1. The molecule has 0 radical (unpaired) electrons. The van der Waals surface area contributed by atoms with Gasteiger partial charge in [-0.1, -0.05) is 31.2 Å². The van der Waals surface area contributed by atoms with Gasteiger partial charge in [-0.15, -0.1) is 0 Å². The van der Waals surface area contributed by atoms with Gasteiger partial charge < -0.3 is 10.6 Å². The van der Waals surface area contributed by atoms with E-state index in [1.54, 1.807) is 31.2 Å². The lowest BCUT2D eigenvalue weighted by molar-refractivity contribution is -0.129. The van der Waals surface area contributed by atoms with Crippen molar-refractivity contribution in [1.29, 1.82) is 0 Å². The number of carbonyl (C=O) groups is 4. The standard InChI is InChI=1S/C23H27N3O4/c1-4-14(2)24-21(28)15(3)25-19(27)12-7-13-26-22(29)17-10-5-8-16-9-6-11-18(20(16)17)23(26)30/h5-6,8-11,14-15H,4,7,12-13H2,1-3H3,(H,24,28)(H,25,27). The van der Waals surface area contributed by atoms with Crippen LogP contribution in [-0.2, 0) is 9.59 Å². The molecule has 0 fully saturated rings. The molecular weight excluding hydrogens is 382 g/mol. The molecular formula is C23H27N3O4. The van der Waals surface area contributed by atoms with Crippen molar-refractivity contribution in [3.05, 3.63) is 47.5 Å². The van der Waals surface area contributed by atoms with Crippen LogP contribution in [0.1, 0.15) is 60.7 Å². The fourth-order valence-corrected chi connectivity index (χ4v) is 3.53. The molecule has 0 saturated carbocycles. The topological polar surface area (TPSA) is 95.6 Å². The Hall–Kier alpha value is -3.22. The minimum Gasteiger partial charge on any atom is -0.352 e. The van der Waals surface area contributed by atoms with Crippen LogP contribution >= 0.6 is 0 Å². The first-order valence-corrected chi connectivity index (χ1v) is 10.3. The van der Waals surface area contributed by atoms with Crippen molar-refractivity contribution in [3.63, 3.8) is 0 Å². The highest BCUT2D eigenvalue weighted by Gasteiger charge is 2.32. The molecule has 1 heterocycles. The van der Waals surface area contributed by atoms with Crippen molar-refractivity contribution in [1.82, 2.24) is 15.5 Å². The molecule has 0 aliphatic carbocycles. The summed E-state index contributed by atoms with van der Waals surface area (Å²) >= 11 is 0. The molecule has 4 amide bonds. The molecule has 1 aliphatic heterocycles. The first kappa shape index (κ1) is 21.5. The van der Waals surface area contributed by atoms with Gasteiger partial charge in [-0.3, -0.25) is 24.1 Å². The predicted molar refractivity (Wildman–Crippen MR) is 114 cm³/mol. The summed E-state index contributed by atoms with van der Waals surface area (Å²) in [5, 5.41) is 7.03. The average molecular weight is 409 g/mol. The number of hydrogen-bond donors (Lipinski definition) is 2. The largest absolute Gasteiger partial charge is 0.352 e. The smallest absolute Gasteiger partial charge is 0.261 e. The summed E-state index contributed by atoms with van der Waals surface area (Å²) in [5.41, 5.74) is 1.00. The second-order valence-electron chi connectivity index (χ2n) is 7.68. The Morgan fingerprint density at radius 3 is 2.13 bits per heavy atom. The minimum atomic E-state index is -0.644. The zero-order valence-electron chi connectivity index (χ0n) is 17.5. The van der Waals surface area contributed by atoms with Crippen LogP contribution in [0.15, 0.2) is 36.4 Å². The molecule has 7 heteroatoms. The van der Waals surface area contributed by atoms with Crippen LogP contribution in [0, 0.1) is 0 Å². The number of nitrogens with one attached hydrogen (secondary N) is 2. The fraction of sp³-hybridized carbons (Fsp3) is 0.391. The maximum atomic E-state index is 12.8. The third-order valence-corrected chi connectivity index (χ3v) is 5.41. The Kier molecular flexibility index (Phi) is 6.50. The third-order valence-electron chi connectivity index (χ3n) is 5.41. The van der Waals surface area contributed by atoms with Crippen molar-refractivity contribution in [2.45, 2.75) is 52.1 Å². The molecule has 30 heavy (non-hydrogen) atoms. The number of imide groups is 1. The first-order valence-electron chi connectivity index (χ1n) is 10.3. The van der Waals surface area contributed by atoms with E-state index in [0.29, 0.717) is 22.9 Å². The maximum absolute atomic E-state index is 12.8. The molecule has 1 aliphatic rings. The summed E-state index contributed by atoms with van der Waals surface area (Å²) in [5.74, 6) is -1.21. The molecule has 7 nitrogen and oxygen atoms in total. The van der Waals surface area contributed by atoms with Crippen molar-refractivity contribution >= 4 is 34.4 Å². The van der Waals surface area contributed by atoms with Crippen LogP contribution in [0.4, 0.5) is 0 Å². The van der Waals surface area contributed by atoms with Crippen LogP contribution in [0.3, 0.4) is 0 Å². The quantitative estimate of drug-likeness (QED) is 0.655. The molecule has 0 spiro atoms. The van der Waals surface area contributed by atoms with Crippen molar-refractivity contribution in [3.8, 4) is 0 Å². The van der Waals surface area contributed by atoms with Gasteiger partial charge in [0.25, 0.3) is 11.8 Å². The van der Waals surface area contributed by atoms with E-state index in [0.717, 1.165) is 11.8 Å². The lowest BCUT2D eigenvalue weighted by Gasteiger charge is -2.27. The predicted octanol–water partition coefficient (Wildman–Crippen LogP) is 2.64. The van der Waals surface area contributed by atoms with E-state index >= 15 is 0 Å². The first-order chi connectivity index (χ1) is 14.3. The van der Waals surface area contributed by atoms with Gasteiger partial charge in [0.15, 0.2) is 0 Å². The van der Waals surface area contributed by atoms with Crippen LogP contribution in [0.5, 0.6) is 0 Å². The summed E-state index contributed by atoms with van der Waals surface area (Å²) in [6.07, 6.45) is 1.24. The van der Waals surface area contributed by atoms with Gasteiger partial charge in [-0.2, -0.15) is 0 Å². The van der Waals surface area contributed by atoms with E-state index in [2.05, 4.69) is 10.6 Å². The van der Waals surface area contributed by atoms with Gasteiger partial charge in [-0.05, 0) is 44.2 Å². The van der Waals surface area contributed by atoms with E-state index in [-0.39, 0.29) is 42.6 Å². The Morgan fingerprint density at radius 1 is 0.967 bits per heavy atom. The fourth-order valence-electron chi connectivity index (χ4n) is 3.53. The van der Waals surface area contributed by atoms with Crippen LogP contribution in [0.2, 0.25) is 0 Å². The summed E-state index contributed by atoms with van der Waals surface area (Å²) < 4.78 is 0. The zero-order valence-corrected chi connectivity index (χ0v) is 17.5. The normalized spacial score (nSPS) is 15.1. The summed E-state index contributed by atoms with van der Waals surface area (Å²) in [6.45, 7) is 5.64. The second-order valence-corrected chi connectivity index (χ2v) is 7.68. The molecule has 0 saturated heterocycles. The average Bonchev–Trinajstić information content (AvgIpc) is 2.73. The van der Waals surface area contributed by atoms with Gasteiger partial charge in [0.05, 0.1) is 0 Å². The number of rotatable bonds is 8. The van der Waals surface area contributed by atoms with Gasteiger partial charge >= 0.3 is 0 Å². The van der Waals surface area contributed by atoms with Crippen molar-refractivity contribution in [2.75, 3.05) is 6.54 Å². The Morgan fingerprint density at radius 2 is 1.57 bits per heavy atom. The van der Waals surface area contributed by atoms with E-state index in [9.17, 15) is 19.2 Å². The SMILES string of the molecule is CCC(C)NC(=O)C(C)NC(=O)CCCN1C(=O)c2cccc3cccc(c23)C1=O. The number of carbonyl (C=O) groups excluding carboxylic acids is 4. The summed E-state index contributed by atoms with van der Waals surface area (Å²) in [7, 11) is 0. The van der Waals surface area contributed by atoms with Gasteiger partial charge in [0, 0.05) is 35.5 Å². The Bertz CT molecular complexity index is 950.